The molecule has 13 heavy (non-hydrogen) atoms. The molecule has 1 aliphatic heterocycles. The van der Waals surface area contributed by atoms with Gasteiger partial charge in [0, 0.05) is 30.7 Å². The summed E-state index contributed by atoms with van der Waals surface area (Å²) in [6, 6.07) is 0.478. The molecule has 1 N–H and O–H groups in total. The monoisotopic (exact) mass is 186 g/mol. The molecule has 3 nitrogen and oxygen atoms in total. The van der Waals surface area contributed by atoms with Crippen LogP contribution in [0.25, 0.3) is 0 Å². The average Bonchev–Trinajstić information content (AvgIpc) is 1.97. The van der Waals surface area contributed by atoms with Crippen molar-refractivity contribution in [3.05, 3.63) is 0 Å². The highest BCUT2D eigenvalue weighted by Crippen LogP contribution is 2.21. The van der Waals surface area contributed by atoms with E-state index in [-0.39, 0.29) is 17.6 Å². The van der Waals surface area contributed by atoms with Gasteiger partial charge < -0.3 is 5.21 Å². The molecule has 0 aromatic rings. The quantitative estimate of drug-likeness (QED) is 0.622. The van der Waals surface area contributed by atoms with Gasteiger partial charge in [0.05, 0.1) is 0 Å². The van der Waals surface area contributed by atoms with Crippen molar-refractivity contribution in [2.75, 3.05) is 13.1 Å². The molecule has 0 aliphatic carbocycles. The lowest BCUT2D eigenvalue weighted by molar-refractivity contribution is -0.189. The molecule has 78 valence electrons. The molecule has 0 bridgehead atoms. The van der Waals surface area contributed by atoms with Crippen molar-refractivity contribution in [2.45, 2.75) is 52.2 Å². The van der Waals surface area contributed by atoms with E-state index < -0.39 is 0 Å². The summed E-state index contributed by atoms with van der Waals surface area (Å²) in [4.78, 5) is 2.43. The third-order valence-electron chi connectivity index (χ3n) is 2.82. The zero-order valence-electron chi connectivity index (χ0n) is 9.41. The Morgan fingerprint density at radius 3 is 1.77 bits per heavy atom. The third-order valence-corrected chi connectivity index (χ3v) is 2.82. The maximum atomic E-state index is 9.64. The Kier molecular flexibility index (Phi) is 3.00. The molecule has 0 aromatic carbocycles. The van der Waals surface area contributed by atoms with E-state index in [1.807, 2.05) is 0 Å². The van der Waals surface area contributed by atoms with Crippen molar-refractivity contribution in [2.24, 2.45) is 0 Å². The maximum absolute atomic E-state index is 9.64. The average molecular weight is 186 g/mol. The molecule has 0 spiro atoms. The Labute approximate surface area is 81.3 Å². The molecule has 0 unspecified atom stereocenters. The summed E-state index contributed by atoms with van der Waals surface area (Å²) in [6.45, 7) is 12.7. The van der Waals surface area contributed by atoms with E-state index in [2.05, 4.69) is 39.5 Å². The molecular formula is C10H22N2O. The zero-order chi connectivity index (χ0) is 10.2. The fourth-order valence-corrected chi connectivity index (χ4v) is 1.86. The molecule has 0 aromatic heterocycles. The molecule has 0 amide bonds. The summed E-state index contributed by atoms with van der Waals surface area (Å²) in [5, 5.41) is 11.1. The Morgan fingerprint density at radius 1 is 1.08 bits per heavy atom. The highest BCUT2D eigenvalue weighted by Gasteiger charge is 2.33. The van der Waals surface area contributed by atoms with Crippen molar-refractivity contribution in [3.63, 3.8) is 0 Å². The highest BCUT2D eigenvalue weighted by atomic mass is 16.5. The van der Waals surface area contributed by atoms with Gasteiger partial charge in [-0.05, 0) is 34.6 Å². The van der Waals surface area contributed by atoms with Crippen LogP contribution in [0.5, 0.6) is 0 Å². The number of hydrogen-bond acceptors (Lipinski definition) is 3. The smallest absolute Gasteiger partial charge is 0.0453 e. The van der Waals surface area contributed by atoms with E-state index in [9.17, 15) is 5.21 Å². The summed E-state index contributed by atoms with van der Waals surface area (Å²) in [6.07, 6.45) is 0. The van der Waals surface area contributed by atoms with Gasteiger partial charge in [0.15, 0.2) is 0 Å². The number of hydroxylamine groups is 2. The minimum Gasteiger partial charge on any atom is -0.313 e. The van der Waals surface area contributed by atoms with Gasteiger partial charge in [-0.1, -0.05) is 0 Å². The number of rotatable bonds is 0. The van der Waals surface area contributed by atoms with E-state index >= 15 is 0 Å². The van der Waals surface area contributed by atoms with Crippen LogP contribution in [0.15, 0.2) is 0 Å². The predicted octanol–water partition coefficient (Wildman–Crippen LogP) is 1.57. The van der Waals surface area contributed by atoms with Gasteiger partial charge in [-0.3, -0.25) is 4.90 Å². The molecule has 0 saturated carbocycles. The summed E-state index contributed by atoms with van der Waals surface area (Å²) >= 11 is 0. The molecule has 2 atom stereocenters. The van der Waals surface area contributed by atoms with Crippen molar-refractivity contribution in [1.82, 2.24) is 9.96 Å². The molecule has 1 heterocycles. The topological polar surface area (TPSA) is 26.7 Å². The van der Waals surface area contributed by atoms with E-state index in [4.69, 9.17) is 0 Å². The fraction of sp³-hybridized carbons (Fsp3) is 1.00. The lowest BCUT2D eigenvalue weighted by Crippen LogP contribution is -2.59. The first-order valence-electron chi connectivity index (χ1n) is 5.04. The van der Waals surface area contributed by atoms with E-state index in [0.29, 0.717) is 0 Å². The van der Waals surface area contributed by atoms with E-state index in [1.54, 1.807) is 0 Å². The summed E-state index contributed by atoms with van der Waals surface area (Å²) in [5.41, 5.74) is 0.212. The first kappa shape index (κ1) is 11.0. The number of hydrogen-bond donors (Lipinski definition) is 1. The van der Waals surface area contributed by atoms with Gasteiger partial charge in [0.1, 0.15) is 0 Å². The first-order valence-corrected chi connectivity index (χ1v) is 5.04. The minimum atomic E-state index is 0.212. The largest absolute Gasteiger partial charge is 0.313 e. The SMILES string of the molecule is C[C@@H]1CN(C(C)(C)C)C[C@H](C)N1O. The van der Waals surface area contributed by atoms with Crippen LogP contribution < -0.4 is 0 Å². The second kappa shape index (κ2) is 3.56. The Morgan fingerprint density at radius 2 is 1.46 bits per heavy atom. The lowest BCUT2D eigenvalue weighted by atomic mass is 10.0. The molecule has 3 heteroatoms. The van der Waals surface area contributed by atoms with Gasteiger partial charge in [0.2, 0.25) is 0 Å². The van der Waals surface area contributed by atoms with Crippen LogP contribution in [-0.2, 0) is 0 Å². The summed E-state index contributed by atoms with van der Waals surface area (Å²) in [5.74, 6) is 0. The van der Waals surface area contributed by atoms with Crippen molar-refractivity contribution < 1.29 is 5.21 Å². The third kappa shape index (κ3) is 2.42. The van der Waals surface area contributed by atoms with Crippen LogP contribution in [0.4, 0.5) is 0 Å². The molecular weight excluding hydrogens is 164 g/mol. The number of nitrogens with zero attached hydrogens (tertiary/aromatic N) is 2. The van der Waals surface area contributed by atoms with Crippen LogP contribution >= 0.6 is 0 Å². The van der Waals surface area contributed by atoms with Gasteiger partial charge in [-0.25, -0.2) is 0 Å². The standard InChI is InChI=1S/C10H22N2O/c1-8-6-11(10(3,4)5)7-9(2)12(8)13/h8-9,13H,6-7H2,1-5H3/t8-,9+. The van der Waals surface area contributed by atoms with Crippen LogP contribution in [-0.4, -0.2) is 45.9 Å². The molecule has 0 radical (unpaired) electrons. The maximum Gasteiger partial charge on any atom is 0.0453 e. The highest BCUT2D eigenvalue weighted by molar-refractivity contribution is 4.87. The second-order valence-corrected chi connectivity index (χ2v) is 5.15. The first-order chi connectivity index (χ1) is 5.82. The van der Waals surface area contributed by atoms with Gasteiger partial charge in [-0.2, -0.15) is 5.06 Å². The second-order valence-electron chi connectivity index (χ2n) is 5.15. The molecule has 1 aliphatic rings. The van der Waals surface area contributed by atoms with Crippen LogP contribution in [0.3, 0.4) is 0 Å². The molecule has 1 rings (SSSR count). The Balaban J connectivity index is 2.64. The van der Waals surface area contributed by atoms with Crippen LogP contribution in [0.2, 0.25) is 0 Å². The fourth-order valence-electron chi connectivity index (χ4n) is 1.86. The van der Waals surface area contributed by atoms with Crippen molar-refractivity contribution in [3.8, 4) is 0 Å². The normalized spacial score (nSPS) is 33.7. The molecule has 1 saturated heterocycles. The Hall–Kier alpha value is -0.120. The van der Waals surface area contributed by atoms with Crippen molar-refractivity contribution >= 4 is 0 Å². The molecule has 1 fully saturated rings. The minimum absolute atomic E-state index is 0.212. The summed E-state index contributed by atoms with van der Waals surface area (Å²) < 4.78 is 0. The lowest BCUT2D eigenvalue weighted by Gasteiger charge is -2.46. The predicted molar refractivity (Wildman–Crippen MR) is 53.9 cm³/mol. The summed E-state index contributed by atoms with van der Waals surface area (Å²) in [7, 11) is 0. The van der Waals surface area contributed by atoms with Gasteiger partial charge >= 0.3 is 0 Å². The van der Waals surface area contributed by atoms with Crippen LogP contribution in [0.1, 0.15) is 34.6 Å². The Bertz CT molecular complexity index is 164. The van der Waals surface area contributed by atoms with E-state index in [1.165, 1.54) is 5.06 Å². The van der Waals surface area contributed by atoms with Crippen molar-refractivity contribution in [1.29, 1.82) is 0 Å². The van der Waals surface area contributed by atoms with E-state index in [0.717, 1.165) is 13.1 Å². The van der Waals surface area contributed by atoms with Crippen LogP contribution in [0, 0.1) is 0 Å². The van der Waals surface area contributed by atoms with Gasteiger partial charge in [0.25, 0.3) is 0 Å². The zero-order valence-corrected chi connectivity index (χ0v) is 9.41. The van der Waals surface area contributed by atoms with Gasteiger partial charge in [-0.15, -0.1) is 0 Å². The number of piperazine rings is 1.